The van der Waals surface area contributed by atoms with Crippen molar-refractivity contribution >= 4 is 11.8 Å². The summed E-state index contributed by atoms with van der Waals surface area (Å²) in [5, 5.41) is 9.53. The Hall–Kier alpha value is -4.57. The molecule has 7 nitrogen and oxygen atoms in total. The number of hydrogen-bond donors (Lipinski definition) is 2. The zero-order valence-electron chi connectivity index (χ0n) is 18.2. The van der Waals surface area contributed by atoms with Crippen molar-refractivity contribution in [1.29, 1.82) is 5.26 Å². The fraction of sp³-hybridized carbons (Fsp3) is 0.115. The van der Waals surface area contributed by atoms with E-state index in [1.54, 1.807) is 19.2 Å². The molecule has 164 valence electrons. The van der Waals surface area contributed by atoms with Crippen LogP contribution in [0.3, 0.4) is 0 Å². The van der Waals surface area contributed by atoms with Crippen LogP contribution < -0.4 is 20.9 Å². The van der Waals surface area contributed by atoms with Gasteiger partial charge in [0.05, 0.1) is 12.8 Å². The lowest BCUT2D eigenvalue weighted by Crippen LogP contribution is -2.06. The molecule has 1 aromatic heterocycles. The molecule has 1 heterocycles. The molecular weight excluding hydrogens is 414 g/mol. The van der Waals surface area contributed by atoms with Gasteiger partial charge in [0.15, 0.2) is 0 Å². The predicted octanol–water partition coefficient (Wildman–Crippen LogP) is 4.36. The van der Waals surface area contributed by atoms with Crippen LogP contribution in [0.25, 0.3) is 11.3 Å². The third-order valence-corrected chi connectivity index (χ3v) is 5.21. The van der Waals surface area contributed by atoms with E-state index in [-0.39, 0.29) is 23.9 Å². The largest absolute Gasteiger partial charge is 0.496 e. The van der Waals surface area contributed by atoms with Crippen molar-refractivity contribution in [2.45, 2.75) is 13.0 Å². The monoisotopic (exact) mass is 437 g/mol. The Kier molecular flexibility index (Phi) is 6.37. The summed E-state index contributed by atoms with van der Waals surface area (Å²) in [6, 6.07) is 25.7. The number of hydrogen-bond acceptors (Lipinski definition) is 7. The standard InChI is InChI=1S/C26H23N5O2/c1-32-22-12-11-19(24-21(15-27)25(28)31-26(29)30-24)14-20(22)16-33-23-10-6-5-9-18(23)13-17-7-3-2-4-8-17/h2-12,14H,13,16H2,1H3,(H4,28,29,30,31). The summed E-state index contributed by atoms with van der Waals surface area (Å²) in [5.74, 6) is 1.50. The van der Waals surface area contributed by atoms with Crippen LogP contribution >= 0.6 is 0 Å². The second kappa shape index (κ2) is 9.71. The average Bonchev–Trinajstić information content (AvgIpc) is 2.83. The quantitative estimate of drug-likeness (QED) is 0.441. The number of nitrogens with two attached hydrogens (primary N) is 2. The fourth-order valence-corrected chi connectivity index (χ4v) is 3.62. The number of ether oxygens (including phenoxy) is 2. The van der Waals surface area contributed by atoms with E-state index in [2.05, 4.69) is 34.2 Å². The molecule has 0 aliphatic heterocycles. The maximum absolute atomic E-state index is 9.53. The van der Waals surface area contributed by atoms with Gasteiger partial charge in [0.25, 0.3) is 0 Å². The summed E-state index contributed by atoms with van der Waals surface area (Å²) in [4.78, 5) is 8.11. The first-order valence-electron chi connectivity index (χ1n) is 10.3. The van der Waals surface area contributed by atoms with Crippen molar-refractivity contribution in [3.8, 4) is 28.8 Å². The van der Waals surface area contributed by atoms with Crippen molar-refractivity contribution < 1.29 is 9.47 Å². The summed E-state index contributed by atoms with van der Waals surface area (Å²) in [7, 11) is 1.60. The van der Waals surface area contributed by atoms with Gasteiger partial charge in [0.2, 0.25) is 5.95 Å². The molecule has 4 rings (SSSR count). The minimum Gasteiger partial charge on any atom is -0.496 e. The van der Waals surface area contributed by atoms with E-state index in [4.69, 9.17) is 20.9 Å². The number of rotatable bonds is 7. The first kappa shape index (κ1) is 21.7. The Morgan fingerprint density at radius 1 is 0.879 bits per heavy atom. The Balaban J connectivity index is 1.64. The SMILES string of the molecule is COc1ccc(-c2nc(N)nc(N)c2C#N)cc1COc1ccccc1Cc1ccccc1. The molecular formula is C26H23N5O2. The zero-order chi connectivity index (χ0) is 23.2. The molecule has 0 aliphatic rings. The summed E-state index contributed by atoms with van der Waals surface area (Å²) < 4.78 is 11.7. The van der Waals surface area contributed by atoms with Crippen LogP contribution in [-0.4, -0.2) is 17.1 Å². The number of methoxy groups -OCH3 is 1. The lowest BCUT2D eigenvalue weighted by atomic mass is 10.0. The second-order valence-electron chi connectivity index (χ2n) is 7.39. The maximum Gasteiger partial charge on any atom is 0.222 e. The van der Waals surface area contributed by atoms with E-state index in [0.29, 0.717) is 17.0 Å². The van der Waals surface area contributed by atoms with Gasteiger partial charge in [-0.3, -0.25) is 0 Å². The van der Waals surface area contributed by atoms with Gasteiger partial charge in [-0.2, -0.15) is 10.2 Å². The minimum atomic E-state index is 0.00459. The van der Waals surface area contributed by atoms with Crippen molar-refractivity contribution in [1.82, 2.24) is 9.97 Å². The number of benzene rings is 3. The van der Waals surface area contributed by atoms with Crippen LogP contribution in [0.5, 0.6) is 11.5 Å². The number of nitrogens with zero attached hydrogens (tertiary/aromatic N) is 3. The maximum atomic E-state index is 9.53. The molecule has 0 atom stereocenters. The molecule has 0 bridgehead atoms. The van der Waals surface area contributed by atoms with Crippen molar-refractivity contribution in [2.75, 3.05) is 18.6 Å². The van der Waals surface area contributed by atoms with Gasteiger partial charge in [-0.25, -0.2) is 4.98 Å². The molecule has 4 aromatic rings. The highest BCUT2D eigenvalue weighted by Crippen LogP contribution is 2.31. The smallest absolute Gasteiger partial charge is 0.222 e. The molecule has 4 N–H and O–H groups in total. The van der Waals surface area contributed by atoms with Crippen LogP contribution in [0.15, 0.2) is 72.8 Å². The molecule has 0 radical (unpaired) electrons. The van der Waals surface area contributed by atoms with Crippen LogP contribution in [0.4, 0.5) is 11.8 Å². The van der Waals surface area contributed by atoms with E-state index in [1.165, 1.54) is 5.56 Å². The van der Waals surface area contributed by atoms with E-state index in [1.807, 2.05) is 42.5 Å². The summed E-state index contributed by atoms with van der Waals surface area (Å²) in [5.41, 5.74) is 15.9. The van der Waals surface area contributed by atoms with Crippen molar-refractivity contribution in [2.24, 2.45) is 0 Å². The normalized spacial score (nSPS) is 10.4. The number of nitriles is 1. The minimum absolute atomic E-state index is 0.00459. The summed E-state index contributed by atoms with van der Waals surface area (Å²) in [6.45, 7) is 0.265. The lowest BCUT2D eigenvalue weighted by molar-refractivity contribution is 0.294. The topological polar surface area (TPSA) is 120 Å². The Labute approximate surface area is 192 Å². The lowest BCUT2D eigenvalue weighted by Gasteiger charge is -2.15. The second-order valence-corrected chi connectivity index (χ2v) is 7.39. The third kappa shape index (κ3) is 4.86. The highest BCUT2D eigenvalue weighted by atomic mass is 16.5. The third-order valence-electron chi connectivity index (χ3n) is 5.21. The van der Waals surface area contributed by atoms with Crippen LogP contribution in [0.1, 0.15) is 22.3 Å². The van der Waals surface area contributed by atoms with Gasteiger partial charge < -0.3 is 20.9 Å². The van der Waals surface area contributed by atoms with Crippen molar-refractivity contribution in [3.63, 3.8) is 0 Å². The van der Waals surface area contributed by atoms with Crippen LogP contribution in [-0.2, 0) is 13.0 Å². The highest BCUT2D eigenvalue weighted by Gasteiger charge is 2.16. The molecule has 0 fully saturated rings. The molecule has 33 heavy (non-hydrogen) atoms. The molecule has 0 aliphatic carbocycles. The van der Waals surface area contributed by atoms with Gasteiger partial charge in [0.1, 0.15) is 35.6 Å². The molecule has 0 spiro atoms. The fourth-order valence-electron chi connectivity index (χ4n) is 3.62. The molecule has 7 heteroatoms. The summed E-state index contributed by atoms with van der Waals surface area (Å²) in [6.07, 6.45) is 0.763. The average molecular weight is 438 g/mol. The van der Waals surface area contributed by atoms with Gasteiger partial charge >= 0.3 is 0 Å². The van der Waals surface area contributed by atoms with E-state index in [9.17, 15) is 5.26 Å². The van der Waals surface area contributed by atoms with Crippen LogP contribution in [0, 0.1) is 11.3 Å². The van der Waals surface area contributed by atoms with Crippen molar-refractivity contribution in [3.05, 3.63) is 95.1 Å². The summed E-state index contributed by atoms with van der Waals surface area (Å²) >= 11 is 0. The van der Waals surface area contributed by atoms with Gasteiger partial charge in [-0.15, -0.1) is 0 Å². The van der Waals surface area contributed by atoms with E-state index in [0.717, 1.165) is 23.3 Å². The Morgan fingerprint density at radius 2 is 1.64 bits per heavy atom. The first-order chi connectivity index (χ1) is 16.1. The van der Waals surface area contributed by atoms with Crippen LogP contribution in [0.2, 0.25) is 0 Å². The molecule has 3 aromatic carbocycles. The zero-order valence-corrected chi connectivity index (χ0v) is 18.2. The molecule has 0 unspecified atom stereocenters. The molecule has 0 saturated carbocycles. The number of para-hydroxylation sites is 1. The number of anilines is 2. The Bertz CT molecular complexity index is 1320. The number of nitrogen functional groups attached to an aromatic ring is 2. The first-order valence-corrected chi connectivity index (χ1v) is 10.3. The number of aromatic nitrogens is 2. The van der Waals surface area contributed by atoms with E-state index < -0.39 is 0 Å². The predicted molar refractivity (Wildman–Crippen MR) is 128 cm³/mol. The molecule has 0 saturated heterocycles. The Morgan fingerprint density at radius 3 is 2.39 bits per heavy atom. The van der Waals surface area contributed by atoms with E-state index >= 15 is 0 Å². The molecule has 0 amide bonds. The highest BCUT2D eigenvalue weighted by molar-refractivity contribution is 5.74. The van der Waals surface area contributed by atoms with Gasteiger partial charge in [-0.1, -0.05) is 48.5 Å². The van der Waals surface area contributed by atoms with Gasteiger partial charge in [0, 0.05) is 17.5 Å². The van der Waals surface area contributed by atoms with Gasteiger partial charge in [-0.05, 0) is 35.4 Å².